The molecule has 0 bridgehead atoms. The van der Waals surface area contributed by atoms with Gasteiger partial charge in [-0.2, -0.15) is 0 Å². The van der Waals surface area contributed by atoms with Gasteiger partial charge in [-0.25, -0.2) is 4.39 Å². The van der Waals surface area contributed by atoms with Crippen molar-refractivity contribution in [3.05, 3.63) is 51.5 Å². The Morgan fingerprint density at radius 2 is 2.00 bits per heavy atom. The predicted octanol–water partition coefficient (Wildman–Crippen LogP) is 1.74. The van der Waals surface area contributed by atoms with Gasteiger partial charge in [0.2, 0.25) is 0 Å². The molecule has 27 heavy (non-hydrogen) atoms. The number of thiophene rings is 1. The van der Waals surface area contributed by atoms with Gasteiger partial charge in [-0.05, 0) is 43.2 Å². The largest absolute Gasteiger partial charge is 0.327 e. The zero-order valence-corrected chi connectivity index (χ0v) is 16.5. The molecule has 0 saturated carbocycles. The summed E-state index contributed by atoms with van der Waals surface area (Å²) in [5, 5.41) is 2.73. The van der Waals surface area contributed by atoms with Crippen LogP contribution in [0.15, 0.2) is 30.3 Å². The fraction of sp³-hybridized carbons (Fsp3) is 0.400. The van der Waals surface area contributed by atoms with Gasteiger partial charge in [0.1, 0.15) is 5.82 Å². The van der Waals surface area contributed by atoms with Crippen LogP contribution < -0.4 is 10.2 Å². The highest BCUT2D eigenvalue weighted by molar-refractivity contribution is 7.14. The van der Waals surface area contributed by atoms with E-state index in [0.717, 1.165) is 29.3 Å². The normalized spacial score (nSPS) is 15.0. The van der Waals surface area contributed by atoms with Crippen molar-refractivity contribution in [2.75, 3.05) is 38.0 Å². The molecule has 7 heteroatoms. The molecule has 2 aromatic rings. The summed E-state index contributed by atoms with van der Waals surface area (Å²) in [5.74, 6) is -0.426. The quantitative estimate of drug-likeness (QED) is 0.817. The van der Waals surface area contributed by atoms with E-state index in [9.17, 15) is 14.0 Å². The maximum absolute atomic E-state index is 13.2. The number of rotatable bonds is 5. The molecule has 2 N–H and O–H groups in total. The SMILES string of the molecule is CCc1sc(C(=O)N2CC[NH+](CC(=O)Nc3cccc(F)c3)CC2)cc1C. The number of benzene rings is 1. The van der Waals surface area contributed by atoms with Gasteiger partial charge in [0.25, 0.3) is 11.8 Å². The summed E-state index contributed by atoms with van der Waals surface area (Å²) < 4.78 is 13.2. The van der Waals surface area contributed by atoms with Crippen LogP contribution in [0.4, 0.5) is 10.1 Å². The average molecular weight is 391 g/mol. The third kappa shape index (κ3) is 4.93. The van der Waals surface area contributed by atoms with Gasteiger partial charge in [-0.15, -0.1) is 11.3 Å². The number of halogens is 1. The monoisotopic (exact) mass is 390 g/mol. The molecule has 5 nitrogen and oxygen atoms in total. The van der Waals surface area contributed by atoms with E-state index in [0.29, 0.717) is 25.3 Å². The first kappa shape index (κ1) is 19.5. The van der Waals surface area contributed by atoms with Crippen molar-refractivity contribution < 1.29 is 18.9 Å². The number of quaternary nitrogens is 1. The number of carbonyl (C=O) groups is 2. The molecule has 1 aliphatic rings. The van der Waals surface area contributed by atoms with Gasteiger partial charge in [-0.3, -0.25) is 9.59 Å². The minimum Gasteiger partial charge on any atom is -0.327 e. The van der Waals surface area contributed by atoms with E-state index < -0.39 is 0 Å². The number of nitrogens with zero attached hydrogens (tertiary/aromatic N) is 1. The lowest BCUT2D eigenvalue weighted by atomic mass is 10.2. The van der Waals surface area contributed by atoms with E-state index in [1.54, 1.807) is 23.5 Å². The number of nitrogens with one attached hydrogen (secondary N) is 2. The summed E-state index contributed by atoms with van der Waals surface area (Å²) >= 11 is 1.58. The van der Waals surface area contributed by atoms with E-state index >= 15 is 0 Å². The molecule has 2 heterocycles. The van der Waals surface area contributed by atoms with Gasteiger partial charge >= 0.3 is 0 Å². The standard InChI is InChI=1S/C20H24FN3O2S/c1-3-17-14(2)11-18(27-17)20(26)24-9-7-23(8-10-24)13-19(25)22-16-6-4-5-15(21)12-16/h4-6,11-12H,3,7-10,13H2,1-2H3,(H,22,25)/p+1. The van der Waals surface area contributed by atoms with E-state index in [4.69, 9.17) is 0 Å². The third-order valence-corrected chi connectivity index (χ3v) is 6.20. The molecule has 1 fully saturated rings. The molecule has 1 saturated heterocycles. The van der Waals surface area contributed by atoms with Gasteiger partial charge in [-0.1, -0.05) is 13.0 Å². The molecule has 0 atom stereocenters. The lowest BCUT2D eigenvalue weighted by Crippen LogP contribution is -3.15. The van der Waals surface area contributed by atoms with Gasteiger partial charge in [0.05, 0.1) is 31.1 Å². The molecule has 3 rings (SSSR count). The summed E-state index contributed by atoms with van der Waals surface area (Å²) in [6, 6.07) is 7.86. The summed E-state index contributed by atoms with van der Waals surface area (Å²) in [7, 11) is 0. The van der Waals surface area contributed by atoms with Crippen LogP contribution in [0.3, 0.4) is 0 Å². The molecule has 144 valence electrons. The van der Waals surface area contributed by atoms with E-state index in [1.807, 2.05) is 17.9 Å². The smallest absolute Gasteiger partial charge is 0.279 e. The van der Waals surface area contributed by atoms with Crippen molar-refractivity contribution in [2.24, 2.45) is 0 Å². The van der Waals surface area contributed by atoms with Crippen LogP contribution >= 0.6 is 11.3 Å². The molecular weight excluding hydrogens is 365 g/mol. The van der Waals surface area contributed by atoms with Gasteiger partial charge in [0, 0.05) is 10.6 Å². The molecule has 0 unspecified atom stereocenters. The van der Waals surface area contributed by atoms with Crippen LogP contribution in [-0.4, -0.2) is 49.4 Å². The van der Waals surface area contributed by atoms with Crippen molar-refractivity contribution in [1.82, 2.24) is 4.90 Å². The molecule has 0 spiro atoms. The van der Waals surface area contributed by atoms with Crippen LogP contribution in [0.2, 0.25) is 0 Å². The van der Waals surface area contributed by atoms with Crippen molar-refractivity contribution in [1.29, 1.82) is 0 Å². The van der Waals surface area contributed by atoms with Crippen LogP contribution in [0.25, 0.3) is 0 Å². The minimum absolute atomic E-state index is 0.0889. The van der Waals surface area contributed by atoms with E-state index in [-0.39, 0.29) is 17.6 Å². The van der Waals surface area contributed by atoms with Crippen molar-refractivity contribution in [3.8, 4) is 0 Å². The molecule has 2 amide bonds. The number of hydrogen-bond donors (Lipinski definition) is 2. The van der Waals surface area contributed by atoms with Crippen molar-refractivity contribution >= 4 is 28.8 Å². The zero-order chi connectivity index (χ0) is 19.4. The number of carbonyl (C=O) groups excluding carboxylic acids is 2. The van der Waals surface area contributed by atoms with Gasteiger partial charge in [0.15, 0.2) is 6.54 Å². The Balaban J connectivity index is 1.49. The maximum Gasteiger partial charge on any atom is 0.279 e. The topological polar surface area (TPSA) is 53.9 Å². The predicted molar refractivity (Wildman–Crippen MR) is 105 cm³/mol. The minimum atomic E-state index is -0.373. The summed E-state index contributed by atoms with van der Waals surface area (Å²) in [5.41, 5.74) is 1.65. The Kier molecular flexibility index (Phi) is 6.23. The van der Waals surface area contributed by atoms with Gasteiger partial charge < -0.3 is 15.1 Å². The number of amides is 2. The molecule has 1 aromatic carbocycles. The first-order chi connectivity index (χ1) is 13.0. The Morgan fingerprint density at radius 3 is 2.63 bits per heavy atom. The summed E-state index contributed by atoms with van der Waals surface area (Å²) in [6.45, 7) is 7.20. The molecule has 0 aliphatic carbocycles. The Labute approximate surface area is 162 Å². The van der Waals surface area contributed by atoms with Crippen LogP contribution in [0, 0.1) is 12.7 Å². The fourth-order valence-corrected chi connectivity index (χ4v) is 4.42. The number of hydrogen-bond acceptors (Lipinski definition) is 3. The Hall–Kier alpha value is -2.25. The number of aryl methyl sites for hydroxylation is 2. The molecular formula is C20H25FN3O2S+. The maximum atomic E-state index is 13.2. The number of piperazine rings is 1. The molecule has 1 aliphatic heterocycles. The molecule has 0 radical (unpaired) electrons. The highest BCUT2D eigenvalue weighted by Gasteiger charge is 2.27. The van der Waals surface area contributed by atoms with Crippen LogP contribution in [0.5, 0.6) is 0 Å². The first-order valence-electron chi connectivity index (χ1n) is 9.24. The van der Waals surface area contributed by atoms with Crippen LogP contribution in [0.1, 0.15) is 27.0 Å². The highest BCUT2D eigenvalue weighted by atomic mass is 32.1. The average Bonchev–Trinajstić information content (AvgIpc) is 3.02. The van der Waals surface area contributed by atoms with E-state index in [2.05, 4.69) is 12.2 Å². The van der Waals surface area contributed by atoms with Crippen LogP contribution in [-0.2, 0) is 11.2 Å². The first-order valence-corrected chi connectivity index (χ1v) is 10.1. The molecule has 1 aromatic heterocycles. The Morgan fingerprint density at radius 1 is 1.26 bits per heavy atom. The Bertz CT molecular complexity index is 828. The summed E-state index contributed by atoms with van der Waals surface area (Å²) in [6.07, 6.45) is 0.947. The van der Waals surface area contributed by atoms with E-state index in [1.165, 1.54) is 22.6 Å². The fourth-order valence-electron chi connectivity index (χ4n) is 3.33. The summed E-state index contributed by atoms with van der Waals surface area (Å²) in [4.78, 5) is 29.9. The van der Waals surface area contributed by atoms with Crippen molar-refractivity contribution in [2.45, 2.75) is 20.3 Å². The highest BCUT2D eigenvalue weighted by Crippen LogP contribution is 2.23. The third-order valence-electron chi connectivity index (χ3n) is 4.83. The second kappa shape index (κ2) is 8.63. The van der Waals surface area contributed by atoms with Crippen molar-refractivity contribution in [3.63, 3.8) is 0 Å². The lowest BCUT2D eigenvalue weighted by Gasteiger charge is -2.31. The second-order valence-corrected chi connectivity index (χ2v) is 7.98. The second-order valence-electron chi connectivity index (χ2n) is 6.85. The lowest BCUT2D eigenvalue weighted by molar-refractivity contribution is -0.895. The number of anilines is 1. The zero-order valence-electron chi connectivity index (χ0n) is 15.7.